The van der Waals surface area contributed by atoms with E-state index in [9.17, 15) is 4.79 Å². The summed E-state index contributed by atoms with van der Waals surface area (Å²) in [6.45, 7) is 4.58. The molecule has 0 spiro atoms. The average Bonchev–Trinajstić information content (AvgIpc) is 3.06. The van der Waals surface area contributed by atoms with Crippen molar-refractivity contribution in [2.75, 3.05) is 40.4 Å². The molecule has 1 amide bonds. The fourth-order valence-corrected chi connectivity index (χ4v) is 3.93. The van der Waals surface area contributed by atoms with Gasteiger partial charge in [-0.15, -0.1) is 0 Å². The van der Waals surface area contributed by atoms with Crippen molar-refractivity contribution in [3.63, 3.8) is 0 Å². The number of likely N-dealkylation sites (tertiary alicyclic amines) is 2. The number of rotatable bonds is 5. The Morgan fingerprint density at radius 1 is 1.18 bits per heavy atom. The molecule has 2 aliphatic rings. The molecule has 2 aliphatic heterocycles. The van der Waals surface area contributed by atoms with Crippen molar-refractivity contribution in [3.8, 4) is 11.5 Å². The normalized spacial score (nSPS) is 24.4. The number of hydrogen-bond donors (Lipinski definition) is 0. The number of nitrogens with zero attached hydrogens (tertiary/aromatic N) is 2. The fraction of sp³-hybridized carbons (Fsp3) is 0.562. The summed E-state index contributed by atoms with van der Waals surface area (Å²) in [7, 11) is 3.20. The van der Waals surface area contributed by atoms with Gasteiger partial charge in [0.1, 0.15) is 0 Å². The number of methoxy groups -OCH3 is 2. The third-order valence-electron chi connectivity index (χ3n) is 4.70. The highest BCUT2D eigenvalue weighted by atomic mass is 35.5. The molecule has 0 radical (unpaired) electrons. The second-order valence-corrected chi connectivity index (χ2v) is 6.43. The van der Waals surface area contributed by atoms with Crippen molar-refractivity contribution in [2.24, 2.45) is 11.8 Å². The minimum absolute atomic E-state index is 0.587. The highest BCUT2D eigenvalue weighted by Gasteiger charge is 2.39. The van der Waals surface area contributed by atoms with Gasteiger partial charge in [-0.2, -0.15) is 0 Å². The maximum atomic E-state index is 10.9. The summed E-state index contributed by atoms with van der Waals surface area (Å²) in [5.74, 6) is 2.41. The van der Waals surface area contributed by atoms with Gasteiger partial charge in [0.15, 0.2) is 11.5 Å². The van der Waals surface area contributed by atoms with Crippen molar-refractivity contribution in [3.05, 3.63) is 22.7 Å². The molecule has 1 aromatic carbocycles. The van der Waals surface area contributed by atoms with Crippen LogP contribution in [0.25, 0.3) is 0 Å². The van der Waals surface area contributed by atoms with Crippen molar-refractivity contribution in [1.29, 1.82) is 0 Å². The molecule has 0 aliphatic carbocycles. The Bertz CT molecular complexity index is 553. The molecule has 0 aromatic heterocycles. The second kappa shape index (κ2) is 6.34. The number of carbonyl (C=O) groups excluding carboxylic acids is 1. The van der Waals surface area contributed by atoms with Gasteiger partial charge in [0.2, 0.25) is 6.41 Å². The van der Waals surface area contributed by atoms with Crippen LogP contribution in [0.1, 0.15) is 5.56 Å². The minimum Gasteiger partial charge on any atom is -0.493 e. The van der Waals surface area contributed by atoms with E-state index < -0.39 is 0 Å². The maximum Gasteiger partial charge on any atom is 0.209 e. The van der Waals surface area contributed by atoms with Crippen molar-refractivity contribution in [2.45, 2.75) is 6.54 Å². The summed E-state index contributed by atoms with van der Waals surface area (Å²) in [4.78, 5) is 15.1. The van der Waals surface area contributed by atoms with Crippen LogP contribution in [-0.2, 0) is 11.3 Å². The first-order valence-electron chi connectivity index (χ1n) is 7.47. The Kier molecular flexibility index (Phi) is 4.45. The van der Waals surface area contributed by atoms with Crippen LogP contribution in [0.4, 0.5) is 0 Å². The third-order valence-corrected chi connectivity index (χ3v) is 5.11. The molecule has 2 unspecified atom stereocenters. The largest absolute Gasteiger partial charge is 0.493 e. The molecule has 2 heterocycles. The molecule has 5 nitrogen and oxygen atoms in total. The van der Waals surface area contributed by atoms with Crippen LogP contribution in [0.3, 0.4) is 0 Å². The average molecular weight is 325 g/mol. The molecule has 0 saturated carbocycles. The van der Waals surface area contributed by atoms with Crippen LogP contribution in [0.15, 0.2) is 12.1 Å². The molecule has 6 heteroatoms. The maximum absolute atomic E-state index is 10.9. The zero-order valence-corrected chi connectivity index (χ0v) is 13.7. The van der Waals surface area contributed by atoms with Crippen LogP contribution < -0.4 is 9.47 Å². The predicted octanol–water partition coefficient (Wildman–Crippen LogP) is 1.88. The van der Waals surface area contributed by atoms with Gasteiger partial charge < -0.3 is 14.4 Å². The topological polar surface area (TPSA) is 42.0 Å². The van der Waals surface area contributed by atoms with Gasteiger partial charge in [-0.05, 0) is 23.5 Å². The second-order valence-electron chi connectivity index (χ2n) is 6.05. The molecule has 120 valence electrons. The molecule has 2 atom stereocenters. The Morgan fingerprint density at radius 3 is 2.41 bits per heavy atom. The molecule has 3 rings (SSSR count). The van der Waals surface area contributed by atoms with Crippen molar-refractivity contribution >= 4 is 18.0 Å². The predicted molar refractivity (Wildman–Crippen MR) is 84.5 cm³/mol. The van der Waals surface area contributed by atoms with Gasteiger partial charge in [-0.3, -0.25) is 9.69 Å². The van der Waals surface area contributed by atoms with Gasteiger partial charge in [0.25, 0.3) is 0 Å². The van der Waals surface area contributed by atoms with Crippen LogP contribution in [0.2, 0.25) is 5.02 Å². The van der Waals surface area contributed by atoms with E-state index in [-0.39, 0.29) is 0 Å². The van der Waals surface area contributed by atoms with Gasteiger partial charge in [-0.25, -0.2) is 0 Å². The molecule has 1 aromatic rings. The summed E-state index contributed by atoms with van der Waals surface area (Å²) in [6, 6.07) is 3.89. The molecule has 0 N–H and O–H groups in total. The van der Waals surface area contributed by atoms with Gasteiger partial charge in [-0.1, -0.05) is 17.7 Å². The monoisotopic (exact) mass is 324 g/mol. The molecule has 2 fully saturated rings. The lowest BCUT2D eigenvalue weighted by Gasteiger charge is -2.21. The minimum atomic E-state index is 0.587. The number of fused-ring (bicyclic) bond motifs is 1. The fourth-order valence-electron chi connectivity index (χ4n) is 3.63. The highest BCUT2D eigenvalue weighted by molar-refractivity contribution is 6.33. The Labute approximate surface area is 135 Å². The number of carbonyl (C=O) groups is 1. The lowest BCUT2D eigenvalue weighted by Crippen LogP contribution is -2.28. The summed E-state index contributed by atoms with van der Waals surface area (Å²) >= 11 is 6.45. The van der Waals surface area contributed by atoms with Crippen LogP contribution >= 0.6 is 11.6 Å². The lowest BCUT2D eigenvalue weighted by molar-refractivity contribution is -0.117. The quantitative estimate of drug-likeness (QED) is 0.776. The van der Waals surface area contributed by atoms with Gasteiger partial charge >= 0.3 is 0 Å². The standard InChI is InChI=1S/C16H21ClN2O3/c1-21-14-4-3-11(15(17)16(14)22-2)5-18-6-12-8-19(10-20)9-13(12)7-18/h3-4,10,12-13H,5-9H2,1-2H3. The third kappa shape index (κ3) is 2.75. The molecule has 22 heavy (non-hydrogen) atoms. The van der Waals surface area contributed by atoms with E-state index in [4.69, 9.17) is 21.1 Å². The Morgan fingerprint density at radius 2 is 1.86 bits per heavy atom. The Balaban J connectivity index is 1.69. The number of halogens is 1. The highest BCUT2D eigenvalue weighted by Crippen LogP contribution is 2.39. The van der Waals surface area contributed by atoms with E-state index in [1.165, 1.54) is 0 Å². The van der Waals surface area contributed by atoms with E-state index in [1.807, 2.05) is 17.0 Å². The lowest BCUT2D eigenvalue weighted by atomic mass is 10.0. The first-order chi connectivity index (χ1) is 10.7. The van der Waals surface area contributed by atoms with Crippen LogP contribution in [0, 0.1) is 11.8 Å². The number of hydrogen-bond acceptors (Lipinski definition) is 4. The Hall–Kier alpha value is -1.46. The smallest absolute Gasteiger partial charge is 0.209 e. The van der Waals surface area contributed by atoms with Crippen molar-refractivity contribution in [1.82, 2.24) is 9.80 Å². The van der Waals surface area contributed by atoms with Crippen molar-refractivity contribution < 1.29 is 14.3 Å². The number of benzene rings is 1. The summed E-state index contributed by atoms with van der Waals surface area (Å²) < 4.78 is 10.6. The van der Waals surface area contributed by atoms with E-state index in [0.29, 0.717) is 28.4 Å². The zero-order valence-electron chi connectivity index (χ0n) is 12.9. The summed E-state index contributed by atoms with van der Waals surface area (Å²) in [6.07, 6.45) is 0.966. The van der Waals surface area contributed by atoms with E-state index in [0.717, 1.165) is 44.7 Å². The zero-order chi connectivity index (χ0) is 15.7. The molecule has 2 saturated heterocycles. The summed E-state index contributed by atoms with van der Waals surface area (Å²) in [5, 5.41) is 0.619. The molecule has 0 bridgehead atoms. The van der Waals surface area contributed by atoms with E-state index in [2.05, 4.69) is 4.90 Å². The summed E-state index contributed by atoms with van der Waals surface area (Å²) in [5.41, 5.74) is 1.05. The van der Waals surface area contributed by atoms with Gasteiger partial charge in [0.05, 0.1) is 19.2 Å². The first kappa shape index (κ1) is 15.4. The SMILES string of the molecule is COc1ccc(CN2CC3CN(C=O)CC3C2)c(Cl)c1OC. The molecular weight excluding hydrogens is 304 g/mol. The number of amides is 1. The van der Waals surface area contributed by atoms with E-state index >= 15 is 0 Å². The molecular formula is C16H21ClN2O3. The van der Waals surface area contributed by atoms with Gasteiger partial charge in [0, 0.05) is 32.7 Å². The van der Waals surface area contributed by atoms with Crippen LogP contribution in [0.5, 0.6) is 11.5 Å². The first-order valence-corrected chi connectivity index (χ1v) is 7.85. The van der Waals surface area contributed by atoms with Crippen LogP contribution in [-0.4, -0.2) is 56.6 Å². The number of ether oxygens (including phenoxy) is 2. The van der Waals surface area contributed by atoms with E-state index in [1.54, 1.807) is 14.2 Å².